The van der Waals surface area contributed by atoms with E-state index in [1.54, 1.807) is 24.4 Å². The van der Waals surface area contributed by atoms with Crippen LogP contribution in [0.4, 0.5) is 11.5 Å². The molecule has 0 unspecified atom stereocenters. The number of H-pyrrole nitrogens is 1. The zero-order valence-electron chi connectivity index (χ0n) is 17.8. The van der Waals surface area contributed by atoms with Crippen molar-refractivity contribution in [3.8, 4) is 11.6 Å². The highest BCUT2D eigenvalue weighted by Crippen LogP contribution is 2.33. The first kappa shape index (κ1) is 21.9. The number of hydrogen-bond acceptors (Lipinski definition) is 7. The van der Waals surface area contributed by atoms with E-state index in [0.29, 0.717) is 65.0 Å². The van der Waals surface area contributed by atoms with Gasteiger partial charge in [0.15, 0.2) is 5.88 Å². The summed E-state index contributed by atoms with van der Waals surface area (Å²) in [5.41, 5.74) is 1.61. The predicted octanol–water partition coefficient (Wildman–Crippen LogP) is 3.57. The molecule has 2 bridgehead atoms. The number of aromatic nitrogens is 3. The lowest BCUT2D eigenvalue weighted by molar-refractivity contribution is -0.121. The minimum Gasteiger partial charge on any atom is -0.494 e. The van der Waals surface area contributed by atoms with Gasteiger partial charge in [-0.15, -0.1) is 0 Å². The van der Waals surface area contributed by atoms with Crippen LogP contribution in [-0.2, 0) is 4.79 Å². The highest BCUT2D eigenvalue weighted by Gasteiger charge is 2.18. The number of ether oxygens (including phenoxy) is 1. The van der Waals surface area contributed by atoms with E-state index in [-0.39, 0.29) is 11.8 Å². The fourth-order valence-corrected chi connectivity index (χ4v) is 3.73. The van der Waals surface area contributed by atoms with Crippen molar-refractivity contribution < 1.29 is 14.6 Å². The first-order valence-corrected chi connectivity index (χ1v) is 10.9. The SMILES string of the molecule is CN1CCNC(=O)CCCCCOc2cc(ccc2Cl)N=Cc2c(O)[nH]c3ncnc1c23. The number of aromatic amines is 1. The minimum atomic E-state index is -0.0523. The summed E-state index contributed by atoms with van der Waals surface area (Å²) in [6.07, 6.45) is 5.97. The molecule has 1 amide bonds. The zero-order chi connectivity index (χ0) is 22.5. The van der Waals surface area contributed by atoms with Crippen molar-refractivity contribution in [2.24, 2.45) is 4.99 Å². The average Bonchev–Trinajstić information content (AvgIpc) is 3.10. The molecular weight excluding hydrogens is 432 g/mol. The number of halogens is 1. The van der Waals surface area contributed by atoms with Crippen molar-refractivity contribution in [1.82, 2.24) is 20.3 Å². The molecule has 0 saturated carbocycles. The van der Waals surface area contributed by atoms with Gasteiger partial charge in [-0.2, -0.15) is 0 Å². The molecule has 1 aliphatic heterocycles. The summed E-state index contributed by atoms with van der Waals surface area (Å²) in [7, 11) is 1.88. The van der Waals surface area contributed by atoms with Crippen LogP contribution in [0.25, 0.3) is 11.0 Å². The molecule has 3 N–H and O–H groups in total. The van der Waals surface area contributed by atoms with Gasteiger partial charge < -0.3 is 25.0 Å². The molecule has 1 aliphatic rings. The molecule has 2 aromatic heterocycles. The molecule has 0 saturated heterocycles. The topological polar surface area (TPSA) is 116 Å². The van der Waals surface area contributed by atoms with Crippen molar-refractivity contribution in [2.45, 2.75) is 25.7 Å². The Labute approximate surface area is 190 Å². The number of aromatic hydroxyl groups is 1. The molecule has 3 aromatic rings. The number of nitrogens with one attached hydrogen (secondary N) is 2. The van der Waals surface area contributed by atoms with Gasteiger partial charge in [-0.3, -0.25) is 9.79 Å². The fourth-order valence-electron chi connectivity index (χ4n) is 3.56. The fraction of sp³-hybridized carbons (Fsp3) is 0.364. The molecule has 1 aromatic carbocycles. The van der Waals surface area contributed by atoms with E-state index in [4.69, 9.17) is 16.3 Å². The van der Waals surface area contributed by atoms with Gasteiger partial charge in [0, 0.05) is 38.8 Å². The van der Waals surface area contributed by atoms with E-state index >= 15 is 0 Å². The predicted molar refractivity (Wildman–Crippen MR) is 125 cm³/mol. The number of rotatable bonds is 0. The van der Waals surface area contributed by atoms with Crippen LogP contribution in [0.15, 0.2) is 29.5 Å². The second kappa shape index (κ2) is 9.86. The van der Waals surface area contributed by atoms with Gasteiger partial charge in [0.05, 0.1) is 28.3 Å². The van der Waals surface area contributed by atoms with Gasteiger partial charge in [0.25, 0.3) is 0 Å². The monoisotopic (exact) mass is 456 g/mol. The number of amides is 1. The standard InChI is InChI=1S/C22H25ClN6O3/c1-29-9-8-24-18(30)5-3-2-4-10-32-17-11-14(6-7-16(17)23)25-12-15-19-20(28-22(15)31)26-13-27-21(19)29/h6-7,11-13,31H,2-5,8-10H2,1H3,(H,24,30)(H,26,27,28). The number of carbonyl (C=O) groups excluding carboxylic acids is 1. The van der Waals surface area contributed by atoms with Crippen LogP contribution in [-0.4, -0.2) is 58.9 Å². The second-order valence-electron chi connectivity index (χ2n) is 7.61. The van der Waals surface area contributed by atoms with Gasteiger partial charge in [-0.05, 0) is 31.4 Å². The Morgan fingerprint density at radius 2 is 2.09 bits per heavy atom. The lowest BCUT2D eigenvalue weighted by Gasteiger charge is -2.19. The summed E-state index contributed by atoms with van der Waals surface area (Å²) in [5.74, 6) is 1.14. The number of hydrogen-bond donors (Lipinski definition) is 3. The van der Waals surface area contributed by atoms with E-state index in [1.165, 1.54) is 6.33 Å². The smallest absolute Gasteiger partial charge is 0.220 e. The summed E-state index contributed by atoms with van der Waals surface area (Å²) in [4.78, 5) is 30.1. The third-order valence-electron chi connectivity index (χ3n) is 5.28. The van der Waals surface area contributed by atoms with Crippen molar-refractivity contribution in [2.75, 3.05) is 31.6 Å². The maximum Gasteiger partial charge on any atom is 0.220 e. The highest BCUT2D eigenvalue weighted by atomic mass is 35.5. The lowest BCUT2D eigenvalue weighted by atomic mass is 10.2. The third-order valence-corrected chi connectivity index (χ3v) is 5.59. The molecule has 10 heteroatoms. The van der Waals surface area contributed by atoms with Crippen LogP contribution in [0, 0.1) is 0 Å². The Hall–Kier alpha value is -3.33. The van der Waals surface area contributed by atoms with Crippen LogP contribution < -0.4 is 15.0 Å². The van der Waals surface area contributed by atoms with E-state index in [0.717, 1.165) is 19.3 Å². The third kappa shape index (κ3) is 4.94. The Morgan fingerprint density at radius 3 is 2.97 bits per heavy atom. The Bertz CT molecular complexity index is 1150. The minimum absolute atomic E-state index is 0.0212. The van der Waals surface area contributed by atoms with E-state index in [1.807, 2.05) is 11.9 Å². The molecule has 3 heterocycles. The van der Waals surface area contributed by atoms with Crippen LogP contribution in [0.5, 0.6) is 11.6 Å². The van der Waals surface area contributed by atoms with Gasteiger partial charge in [-0.25, -0.2) is 9.97 Å². The quantitative estimate of drug-likeness (QED) is 0.476. The van der Waals surface area contributed by atoms with E-state index in [9.17, 15) is 9.90 Å². The molecule has 0 radical (unpaired) electrons. The number of carbonyl (C=O) groups is 1. The highest BCUT2D eigenvalue weighted by molar-refractivity contribution is 6.32. The number of anilines is 1. The average molecular weight is 457 g/mol. The van der Waals surface area contributed by atoms with Crippen molar-refractivity contribution >= 4 is 46.3 Å². The van der Waals surface area contributed by atoms with Gasteiger partial charge >= 0.3 is 0 Å². The van der Waals surface area contributed by atoms with Crippen LogP contribution >= 0.6 is 11.6 Å². The first-order chi connectivity index (χ1) is 15.5. The van der Waals surface area contributed by atoms with Crippen molar-refractivity contribution in [3.63, 3.8) is 0 Å². The number of benzene rings is 1. The van der Waals surface area contributed by atoms with Gasteiger partial charge in [-0.1, -0.05) is 11.6 Å². The molecule has 168 valence electrons. The number of aliphatic imine (C=N–C) groups is 1. The summed E-state index contributed by atoms with van der Waals surface area (Å²) in [5, 5.41) is 14.6. The first-order valence-electron chi connectivity index (χ1n) is 10.5. The van der Waals surface area contributed by atoms with Crippen LogP contribution in [0.3, 0.4) is 0 Å². The largest absolute Gasteiger partial charge is 0.494 e. The Balaban J connectivity index is 1.72. The zero-order valence-corrected chi connectivity index (χ0v) is 18.5. The van der Waals surface area contributed by atoms with Crippen molar-refractivity contribution in [3.05, 3.63) is 35.1 Å². The van der Waals surface area contributed by atoms with Crippen LogP contribution in [0.2, 0.25) is 5.02 Å². The maximum atomic E-state index is 12.1. The van der Waals surface area contributed by atoms with E-state index in [2.05, 4.69) is 25.3 Å². The summed E-state index contributed by atoms with van der Waals surface area (Å²) in [6, 6.07) is 5.27. The summed E-state index contributed by atoms with van der Waals surface area (Å²) < 4.78 is 5.82. The summed E-state index contributed by atoms with van der Waals surface area (Å²) in [6.45, 7) is 1.53. The van der Waals surface area contributed by atoms with Crippen LogP contribution in [0.1, 0.15) is 31.2 Å². The molecule has 0 atom stereocenters. The number of nitrogens with zero attached hydrogens (tertiary/aromatic N) is 4. The summed E-state index contributed by atoms with van der Waals surface area (Å²) >= 11 is 6.27. The van der Waals surface area contributed by atoms with Gasteiger partial charge in [0.1, 0.15) is 23.5 Å². The molecule has 9 nitrogen and oxygen atoms in total. The number of fused-ring (bicyclic) bond motifs is 2. The molecular formula is C22H25ClN6O3. The van der Waals surface area contributed by atoms with Gasteiger partial charge in [0.2, 0.25) is 5.91 Å². The number of likely N-dealkylation sites (N-methyl/N-ethyl adjacent to an activating group) is 1. The maximum absolute atomic E-state index is 12.1. The normalized spacial score (nSPS) is 16.1. The molecule has 32 heavy (non-hydrogen) atoms. The molecule has 4 rings (SSSR count). The Kier molecular flexibility index (Phi) is 6.75. The lowest BCUT2D eigenvalue weighted by Crippen LogP contribution is -2.33. The molecule has 0 spiro atoms. The van der Waals surface area contributed by atoms with E-state index < -0.39 is 0 Å². The molecule has 0 aliphatic carbocycles. The second-order valence-corrected chi connectivity index (χ2v) is 8.02. The molecule has 0 fully saturated rings. The Morgan fingerprint density at radius 1 is 1.22 bits per heavy atom. The van der Waals surface area contributed by atoms with Crippen molar-refractivity contribution in [1.29, 1.82) is 0 Å².